The summed E-state index contributed by atoms with van der Waals surface area (Å²) in [6.07, 6.45) is 2.29. The zero-order valence-corrected chi connectivity index (χ0v) is 22.6. The van der Waals surface area contributed by atoms with Crippen molar-refractivity contribution < 1.29 is 23.0 Å². The van der Waals surface area contributed by atoms with Gasteiger partial charge in [-0.2, -0.15) is 0 Å². The normalized spacial score (nSPS) is 18.3. The molecule has 2 aliphatic rings. The maximum atomic E-state index is 13.8. The van der Waals surface area contributed by atoms with Gasteiger partial charge in [0.05, 0.1) is 27.7 Å². The van der Waals surface area contributed by atoms with Crippen molar-refractivity contribution in [2.24, 2.45) is 0 Å². The standard InChI is InChI=1S/C12H16FN3O2.C6H3F2NO2.C6H14N2.ClH/c1-14(2)10-5-6-15(8-10)12-4-3-9(16(17)18)7-11(12)13;7-5-2-1-4(9(10)11)3-6(5)8;1-8(2)6-3-4-7-5-6;/h3-4,7,10H,5-6,8H2,1-2H3;1-3H;6-7H,3-5H2,1-2H3;1H. The van der Waals surface area contributed by atoms with E-state index in [0.29, 0.717) is 23.9 Å². The lowest BCUT2D eigenvalue weighted by Crippen LogP contribution is -2.31. The average molecular weight is 563 g/mol. The predicted octanol–water partition coefficient (Wildman–Crippen LogP) is 4.08. The van der Waals surface area contributed by atoms with Crippen LogP contribution in [0.3, 0.4) is 0 Å². The molecule has 4 rings (SSSR count). The summed E-state index contributed by atoms with van der Waals surface area (Å²) in [7, 11) is 8.27. The minimum absolute atomic E-state index is 0. The molecule has 2 aliphatic heterocycles. The Labute approximate surface area is 226 Å². The van der Waals surface area contributed by atoms with Crippen LogP contribution >= 0.6 is 12.4 Å². The fourth-order valence-corrected chi connectivity index (χ4v) is 3.93. The SMILES string of the molecule is CN(C)C1CCN(c2ccc([N+](=O)[O-])cc2F)C1.CN(C)C1CCNC1.Cl.O=[N+]([O-])c1ccc(F)c(F)c1. The van der Waals surface area contributed by atoms with Gasteiger partial charge in [0.25, 0.3) is 11.4 Å². The van der Waals surface area contributed by atoms with Gasteiger partial charge in [-0.25, -0.2) is 13.2 Å². The summed E-state index contributed by atoms with van der Waals surface area (Å²) in [5, 5.41) is 23.8. The van der Waals surface area contributed by atoms with Crippen LogP contribution in [0.5, 0.6) is 0 Å². The molecule has 2 heterocycles. The number of anilines is 1. The highest BCUT2D eigenvalue weighted by molar-refractivity contribution is 5.85. The van der Waals surface area contributed by atoms with Crippen LogP contribution in [-0.2, 0) is 0 Å². The molecule has 2 aromatic carbocycles. The van der Waals surface area contributed by atoms with Crippen LogP contribution in [0.25, 0.3) is 0 Å². The van der Waals surface area contributed by atoms with Gasteiger partial charge in [-0.15, -0.1) is 12.4 Å². The summed E-state index contributed by atoms with van der Waals surface area (Å²) in [5.41, 5.74) is -0.214. The topological polar surface area (TPSA) is 108 Å². The molecule has 0 spiro atoms. The van der Waals surface area contributed by atoms with Crippen molar-refractivity contribution in [1.29, 1.82) is 0 Å². The van der Waals surface area contributed by atoms with E-state index in [1.54, 1.807) is 0 Å². The predicted molar refractivity (Wildman–Crippen MR) is 143 cm³/mol. The van der Waals surface area contributed by atoms with Gasteiger partial charge in [0, 0.05) is 43.9 Å². The molecule has 0 radical (unpaired) electrons. The molecule has 2 fully saturated rings. The molecular formula is C24H34ClF3N6O4. The van der Waals surface area contributed by atoms with Crippen molar-refractivity contribution in [3.63, 3.8) is 0 Å². The number of non-ortho nitro benzene ring substituents is 2. The monoisotopic (exact) mass is 562 g/mol. The molecule has 0 amide bonds. The number of nitro groups is 2. The van der Waals surface area contributed by atoms with Gasteiger partial charge >= 0.3 is 0 Å². The summed E-state index contributed by atoms with van der Waals surface area (Å²) in [4.78, 5) is 25.5. The minimum Gasteiger partial charge on any atom is -0.368 e. The third kappa shape index (κ3) is 9.71. The molecule has 2 atom stereocenters. The van der Waals surface area contributed by atoms with Crippen LogP contribution in [-0.4, -0.2) is 86.1 Å². The molecule has 0 aliphatic carbocycles. The number of hydrogen-bond donors (Lipinski definition) is 1. The maximum absolute atomic E-state index is 13.8. The molecular weight excluding hydrogens is 529 g/mol. The number of nitro benzene ring substituents is 2. The van der Waals surface area contributed by atoms with Crippen molar-refractivity contribution in [2.45, 2.75) is 24.9 Å². The van der Waals surface area contributed by atoms with E-state index in [-0.39, 0.29) is 18.1 Å². The minimum atomic E-state index is -1.21. The Balaban J connectivity index is 0.000000309. The van der Waals surface area contributed by atoms with Crippen molar-refractivity contribution in [3.8, 4) is 0 Å². The summed E-state index contributed by atoms with van der Waals surface area (Å²) in [6.45, 7) is 3.90. The van der Waals surface area contributed by atoms with Gasteiger partial charge in [-0.1, -0.05) is 0 Å². The number of nitrogens with one attached hydrogen (secondary N) is 1. The van der Waals surface area contributed by atoms with Gasteiger partial charge in [0.15, 0.2) is 17.5 Å². The first kappa shape index (κ1) is 33.0. The highest BCUT2D eigenvalue weighted by Gasteiger charge is 2.26. The summed E-state index contributed by atoms with van der Waals surface area (Å²) >= 11 is 0. The Morgan fingerprint density at radius 3 is 1.79 bits per heavy atom. The lowest BCUT2D eigenvalue weighted by Gasteiger charge is -2.22. The lowest BCUT2D eigenvalue weighted by atomic mass is 10.2. The molecule has 2 saturated heterocycles. The molecule has 10 nitrogen and oxygen atoms in total. The number of benzene rings is 2. The van der Waals surface area contributed by atoms with E-state index in [2.05, 4.69) is 29.2 Å². The molecule has 212 valence electrons. The van der Waals surface area contributed by atoms with Crippen LogP contribution in [0.2, 0.25) is 0 Å². The van der Waals surface area contributed by atoms with Crippen LogP contribution in [0.15, 0.2) is 36.4 Å². The second-order valence-electron chi connectivity index (χ2n) is 9.21. The maximum Gasteiger partial charge on any atom is 0.272 e. The van der Waals surface area contributed by atoms with Crippen molar-refractivity contribution >= 4 is 29.5 Å². The first-order chi connectivity index (χ1) is 17.4. The fraction of sp³-hybridized carbons (Fsp3) is 0.500. The highest BCUT2D eigenvalue weighted by atomic mass is 35.5. The number of nitrogens with zero attached hydrogens (tertiary/aromatic N) is 5. The molecule has 0 saturated carbocycles. The first-order valence-corrected chi connectivity index (χ1v) is 11.7. The lowest BCUT2D eigenvalue weighted by molar-refractivity contribution is -0.385. The first-order valence-electron chi connectivity index (χ1n) is 11.7. The largest absolute Gasteiger partial charge is 0.368 e. The van der Waals surface area contributed by atoms with Crippen LogP contribution in [0.1, 0.15) is 12.8 Å². The van der Waals surface area contributed by atoms with E-state index < -0.39 is 33.0 Å². The second-order valence-corrected chi connectivity index (χ2v) is 9.21. The number of likely N-dealkylation sites (N-methyl/N-ethyl adjacent to an activating group) is 2. The molecule has 38 heavy (non-hydrogen) atoms. The average Bonchev–Trinajstić information content (AvgIpc) is 3.54. The van der Waals surface area contributed by atoms with E-state index >= 15 is 0 Å². The summed E-state index contributed by atoms with van der Waals surface area (Å²) < 4.78 is 38.3. The van der Waals surface area contributed by atoms with Gasteiger partial charge in [-0.3, -0.25) is 20.2 Å². The third-order valence-corrected chi connectivity index (χ3v) is 6.26. The Kier molecular flexibility index (Phi) is 13.4. The number of halogens is 4. The van der Waals surface area contributed by atoms with Crippen LogP contribution in [0.4, 0.5) is 30.2 Å². The van der Waals surface area contributed by atoms with Crippen molar-refractivity contribution in [2.75, 3.05) is 59.3 Å². The van der Waals surface area contributed by atoms with E-state index in [1.165, 1.54) is 31.6 Å². The van der Waals surface area contributed by atoms with Gasteiger partial charge < -0.3 is 20.0 Å². The third-order valence-electron chi connectivity index (χ3n) is 6.26. The summed E-state index contributed by atoms with van der Waals surface area (Å²) in [6, 6.07) is 7.17. The second kappa shape index (κ2) is 15.4. The number of hydrogen-bond acceptors (Lipinski definition) is 8. The van der Waals surface area contributed by atoms with Gasteiger partial charge in [0.1, 0.15) is 0 Å². The highest BCUT2D eigenvalue weighted by Crippen LogP contribution is 2.27. The van der Waals surface area contributed by atoms with Gasteiger partial charge in [-0.05, 0) is 59.7 Å². The van der Waals surface area contributed by atoms with E-state index in [9.17, 15) is 33.4 Å². The van der Waals surface area contributed by atoms with Crippen molar-refractivity contribution in [3.05, 3.63) is 74.1 Å². The van der Waals surface area contributed by atoms with E-state index in [0.717, 1.165) is 37.7 Å². The molecule has 1 N–H and O–H groups in total. The zero-order valence-electron chi connectivity index (χ0n) is 21.8. The molecule has 14 heteroatoms. The van der Waals surface area contributed by atoms with E-state index in [1.807, 2.05) is 19.0 Å². The Morgan fingerprint density at radius 2 is 1.39 bits per heavy atom. The summed E-state index contributed by atoms with van der Waals surface area (Å²) in [5.74, 6) is -2.82. The van der Waals surface area contributed by atoms with E-state index in [4.69, 9.17) is 0 Å². The molecule has 2 unspecified atom stereocenters. The zero-order chi connectivity index (χ0) is 27.7. The Morgan fingerprint density at radius 1 is 0.842 bits per heavy atom. The molecule has 0 bridgehead atoms. The quantitative estimate of drug-likeness (QED) is 0.429. The van der Waals surface area contributed by atoms with Crippen LogP contribution < -0.4 is 10.2 Å². The Bertz CT molecular complexity index is 1070. The fourth-order valence-electron chi connectivity index (χ4n) is 3.93. The molecule has 2 aromatic rings. The van der Waals surface area contributed by atoms with Crippen molar-refractivity contribution in [1.82, 2.24) is 15.1 Å². The smallest absolute Gasteiger partial charge is 0.272 e. The van der Waals surface area contributed by atoms with Crippen LogP contribution in [0, 0.1) is 37.7 Å². The molecule has 0 aromatic heterocycles. The Hall–Kier alpha value is -3.00. The number of rotatable bonds is 5. The van der Waals surface area contributed by atoms with Gasteiger partial charge in [0.2, 0.25) is 0 Å².